The molecule has 4 rings (SSSR count). The average molecular weight is 480 g/mol. The molecule has 2 aliphatic rings. The fourth-order valence-corrected chi connectivity index (χ4v) is 5.67. The highest BCUT2D eigenvalue weighted by Gasteiger charge is 2.28. The highest BCUT2D eigenvalue weighted by atomic mass is 16.2. The van der Waals surface area contributed by atoms with Gasteiger partial charge in [0.1, 0.15) is 5.82 Å². The summed E-state index contributed by atoms with van der Waals surface area (Å²) in [5.41, 5.74) is 17.4. The summed E-state index contributed by atoms with van der Waals surface area (Å²) in [5.74, 6) is 2.20. The molecule has 8 nitrogen and oxygen atoms in total. The van der Waals surface area contributed by atoms with Crippen molar-refractivity contribution in [3.8, 4) is 0 Å². The van der Waals surface area contributed by atoms with Crippen molar-refractivity contribution >= 4 is 23.5 Å². The number of hydrogen-bond acceptors (Lipinski definition) is 6. The minimum Gasteiger partial charge on any atom is -0.362 e. The van der Waals surface area contributed by atoms with Crippen LogP contribution in [0.3, 0.4) is 0 Å². The molecule has 1 heterocycles. The summed E-state index contributed by atoms with van der Waals surface area (Å²) in [4.78, 5) is 26.1. The second-order valence-electron chi connectivity index (χ2n) is 10.2. The van der Waals surface area contributed by atoms with Crippen molar-refractivity contribution < 1.29 is 4.79 Å². The maximum absolute atomic E-state index is 12.5. The van der Waals surface area contributed by atoms with Crippen LogP contribution in [-0.4, -0.2) is 42.7 Å². The maximum atomic E-state index is 12.5. The highest BCUT2D eigenvalue weighted by Crippen LogP contribution is 2.33. The highest BCUT2D eigenvalue weighted by molar-refractivity contribution is 5.92. The second kappa shape index (κ2) is 11.2. The summed E-state index contributed by atoms with van der Waals surface area (Å²) >= 11 is 0. The van der Waals surface area contributed by atoms with Crippen LogP contribution in [0.1, 0.15) is 67.8 Å². The smallest absolute Gasteiger partial charge is 0.319 e. The first-order chi connectivity index (χ1) is 16.9. The van der Waals surface area contributed by atoms with E-state index < -0.39 is 6.03 Å². The molecule has 2 aliphatic carbocycles. The third kappa shape index (κ3) is 5.69. The number of nitrogens with two attached hydrogens (primary N) is 2. The monoisotopic (exact) mass is 479 g/mol. The Hall–Kier alpha value is -2.87. The lowest BCUT2D eigenvalue weighted by molar-refractivity contribution is 0.250. The first-order valence-corrected chi connectivity index (χ1v) is 13.1. The molecule has 35 heavy (non-hydrogen) atoms. The van der Waals surface area contributed by atoms with Crippen molar-refractivity contribution in [1.82, 2.24) is 9.97 Å². The van der Waals surface area contributed by atoms with E-state index in [1.807, 2.05) is 12.1 Å². The molecule has 0 unspecified atom stereocenters. The number of aromatic nitrogens is 2. The van der Waals surface area contributed by atoms with Crippen LogP contribution in [0.15, 0.2) is 18.2 Å². The number of para-hydroxylation sites is 1. The minimum absolute atomic E-state index is 0.340. The van der Waals surface area contributed by atoms with E-state index in [-0.39, 0.29) is 0 Å². The van der Waals surface area contributed by atoms with Gasteiger partial charge in [0, 0.05) is 38.8 Å². The normalized spacial score (nSPS) is 19.7. The van der Waals surface area contributed by atoms with E-state index in [0.29, 0.717) is 25.0 Å². The van der Waals surface area contributed by atoms with Crippen LogP contribution in [0.25, 0.3) is 0 Å². The lowest BCUT2D eigenvalue weighted by atomic mass is 9.85. The molecular formula is C27H41N7O. The summed E-state index contributed by atoms with van der Waals surface area (Å²) < 4.78 is 0. The van der Waals surface area contributed by atoms with Crippen LogP contribution in [0.2, 0.25) is 0 Å². The summed E-state index contributed by atoms with van der Waals surface area (Å²) in [5, 5.41) is 3.62. The van der Waals surface area contributed by atoms with Crippen LogP contribution in [0.5, 0.6) is 0 Å². The van der Waals surface area contributed by atoms with E-state index in [0.717, 1.165) is 73.5 Å². The summed E-state index contributed by atoms with van der Waals surface area (Å²) in [7, 11) is 4.12. The van der Waals surface area contributed by atoms with E-state index in [1.54, 1.807) is 4.90 Å². The fourth-order valence-electron chi connectivity index (χ4n) is 5.67. The summed E-state index contributed by atoms with van der Waals surface area (Å²) in [6.07, 6.45) is 9.45. The topological polar surface area (TPSA) is 113 Å². The number of benzene rings is 1. The van der Waals surface area contributed by atoms with Crippen molar-refractivity contribution in [3.63, 3.8) is 0 Å². The molecule has 2 aromatic rings. The molecule has 0 bridgehead atoms. The van der Waals surface area contributed by atoms with Gasteiger partial charge < -0.3 is 21.7 Å². The van der Waals surface area contributed by atoms with Crippen LogP contribution in [-0.2, 0) is 25.8 Å². The van der Waals surface area contributed by atoms with E-state index >= 15 is 0 Å². The number of fused-ring (bicyclic) bond motifs is 1. The molecule has 0 spiro atoms. The molecule has 190 valence electrons. The number of carbonyl (C=O) groups excluding carboxylic acids is 1. The standard InChI is InChI=1S/C27H41N7O/c1-4-19-8-7-9-20(16-28)24(19)34(26(29)35)17-18-12-14-21(15-13-18)30-27-31-23-11-6-5-10-22(23)25(32-27)33(2)3/h7-9,18,21H,4-6,10-17,28H2,1-3H3,(H2,29,35)(H,30,31,32)/t18-,21+. The molecule has 1 fully saturated rings. The van der Waals surface area contributed by atoms with Crippen molar-refractivity contribution in [2.24, 2.45) is 17.4 Å². The Morgan fingerprint density at radius 2 is 1.80 bits per heavy atom. The van der Waals surface area contributed by atoms with Gasteiger partial charge in [-0.3, -0.25) is 4.90 Å². The van der Waals surface area contributed by atoms with Gasteiger partial charge in [0.05, 0.1) is 11.4 Å². The largest absolute Gasteiger partial charge is 0.362 e. The van der Waals surface area contributed by atoms with Gasteiger partial charge >= 0.3 is 6.03 Å². The number of aryl methyl sites for hydroxylation is 2. The van der Waals surface area contributed by atoms with Gasteiger partial charge in [0.15, 0.2) is 0 Å². The first-order valence-electron chi connectivity index (χ1n) is 13.1. The number of amides is 2. The molecule has 1 aromatic heterocycles. The number of rotatable bonds is 8. The summed E-state index contributed by atoms with van der Waals surface area (Å²) in [6.45, 7) is 3.12. The lowest BCUT2D eigenvalue weighted by Gasteiger charge is -2.34. The molecule has 2 amide bonds. The minimum atomic E-state index is -0.403. The zero-order valence-corrected chi connectivity index (χ0v) is 21.5. The number of urea groups is 1. The van der Waals surface area contributed by atoms with Crippen LogP contribution < -0.4 is 26.6 Å². The summed E-state index contributed by atoms with van der Waals surface area (Å²) in [6, 6.07) is 6.00. The van der Waals surface area contributed by atoms with Crippen molar-refractivity contribution in [1.29, 1.82) is 0 Å². The van der Waals surface area contributed by atoms with Gasteiger partial charge in [-0.2, -0.15) is 4.98 Å². The number of primary amides is 1. The maximum Gasteiger partial charge on any atom is 0.319 e. The lowest BCUT2D eigenvalue weighted by Crippen LogP contribution is -2.42. The Balaban J connectivity index is 1.42. The number of nitrogens with zero attached hydrogens (tertiary/aromatic N) is 4. The fraction of sp³-hybridized carbons (Fsp3) is 0.593. The van der Waals surface area contributed by atoms with Crippen LogP contribution >= 0.6 is 0 Å². The Morgan fingerprint density at radius 1 is 1.09 bits per heavy atom. The molecular weight excluding hydrogens is 438 g/mol. The van der Waals surface area contributed by atoms with E-state index in [4.69, 9.17) is 21.4 Å². The molecule has 5 N–H and O–H groups in total. The van der Waals surface area contributed by atoms with Gasteiger partial charge in [0.25, 0.3) is 0 Å². The predicted octanol–water partition coefficient (Wildman–Crippen LogP) is 4.00. The Labute approximate surface area is 209 Å². The van der Waals surface area contributed by atoms with Crippen LogP contribution in [0.4, 0.5) is 22.2 Å². The van der Waals surface area contributed by atoms with Crippen molar-refractivity contribution in [3.05, 3.63) is 40.6 Å². The number of hydrogen-bond donors (Lipinski definition) is 3. The number of anilines is 3. The van der Waals surface area contributed by atoms with Gasteiger partial charge in [-0.1, -0.05) is 25.1 Å². The van der Waals surface area contributed by atoms with Crippen LogP contribution in [0, 0.1) is 5.92 Å². The van der Waals surface area contributed by atoms with Gasteiger partial charge in [-0.25, -0.2) is 9.78 Å². The molecule has 1 aromatic carbocycles. The zero-order valence-electron chi connectivity index (χ0n) is 21.5. The Bertz CT molecular complexity index is 1010. The number of carbonyl (C=O) groups is 1. The van der Waals surface area contributed by atoms with Gasteiger partial charge in [-0.05, 0) is 74.8 Å². The van der Waals surface area contributed by atoms with E-state index in [1.165, 1.54) is 24.1 Å². The van der Waals surface area contributed by atoms with E-state index in [2.05, 4.69) is 37.3 Å². The zero-order chi connectivity index (χ0) is 24.9. The molecule has 0 radical (unpaired) electrons. The Kier molecular flexibility index (Phi) is 8.11. The Morgan fingerprint density at radius 3 is 2.46 bits per heavy atom. The van der Waals surface area contributed by atoms with Gasteiger partial charge in [-0.15, -0.1) is 0 Å². The van der Waals surface area contributed by atoms with E-state index in [9.17, 15) is 4.79 Å². The quantitative estimate of drug-likeness (QED) is 0.527. The third-order valence-electron chi connectivity index (χ3n) is 7.55. The number of nitrogens with one attached hydrogen (secondary N) is 1. The first kappa shape index (κ1) is 25.2. The van der Waals surface area contributed by atoms with Crippen molar-refractivity contribution in [2.75, 3.05) is 35.8 Å². The van der Waals surface area contributed by atoms with Gasteiger partial charge in [0.2, 0.25) is 5.95 Å². The molecule has 0 saturated heterocycles. The predicted molar refractivity (Wildman–Crippen MR) is 143 cm³/mol. The van der Waals surface area contributed by atoms with Crippen molar-refractivity contribution in [2.45, 2.75) is 77.3 Å². The second-order valence-corrected chi connectivity index (χ2v) is 10.2. The third-order valence-corrected chi connectivity index (χ3v) is 7.55. The SMILES string of the molecule is CCc1cccc(CN)c1N(C[C@H]1CC[C@@H](Nc2nc3c(c(N(C)C)n2)CCCC3)CC1)C(N)=O. The average Bonchev–Trinajstić information content (AvgIpc) is 2.87. The molecule has 0 aliphatic heterocycles. The molecule has 1 saturated carbocycles. The molecule has 0 atom stereocenters. The molecule has 8 heteroatoms.